The smallest absolute Gasteiger partial charge is 0.414 e. The Hall–Kier alpha value is -3.59. The number of likely N-dealkylation sites (tertiary alicyclic amines) is 1. The molecule has 2 aliphatic heterocycles. The van der Waals surface area contributed by atoms with Crippen LogP contribution in [-0.2, 0) is 9.47 Å². The summed E-state index contributed by atoms with van der Waals surface area (Å²) in [6, 6.07) is 13.2. The van der Waals surface area contributed by atoms with Gasteiger partial charge in [-0.15, -0.1) is 0 Å². The molecule has 198 valence electrons. The Labute approximate surface area is 218 Å². The van der Waals surface area contributed by atoms with Crippen LogP contribution in [0.4, 0.5) is 21.0 Å². The monoisotopic (exact) mass is 508 g/mol. The first-order valence-electron chi connectivity index (χ1n) is 12.7. The van der Waals surface area contributed by atoms with Crippen molar-refractivity contribution in [3.05, 3.63) is 48.0 Å². The molecular formula is C28H36N4O5. The zero-order valence-electron chi connectivity index (χ0n) is 22.4. The first-order chi connectivity index (χ1) is 17.6. The number of rotatable bonds is 4. The minimum atomic E-state index is -0.486. The van der Waals surface area contributed by atoms with E-state index >= 15 is 0 Å². The van der Waals surface area contributed by atoms with Gasteiger partial charge in [-0.1, -0.05) is 18.2 Å². The molecule has 0 aromatic heterocycles. The summed E-state index contributed by atoms with van der Waals surface area (Å²) in [6.45, 7) is 7.22. The topological polar surface area (TPSA) is 82.6 Å². The van der Waals surface area contributed by atoms with Crippen LogP contribution in [0.25, 0.3) is 11.1 Å². The van der Waals surface area contributed by atoms with Crippen molar-refractivity contribution in [1.29, 1.82) is 0 Å². The van der Waals surface area contributed by atoms with Gasteiger partial charge in [-0.25, -0.2) is 9.59 Å². The predicted molar refractivity (Wildman–Crippen MR) is 143 cm³/mol. The fourth-order valence-corrected chi connectivity index (χ4v) is 4.95. The maximum Gasteiger partial charge on any atom is 0.414 e. The van der Waals surface area contributed by atoms with Gasteiger partial charge in [-0.05, 0) is 76.7 Å². The van der Waals surface area contributed by atoms with Gasteiger partial charge in [0, 0.05) is 24.7 Å². The second-order valence-corrected chi connectivity index (χ2v) is 10.2. The molecule has 37 heavy (non-hydrogen) atoms. The third-order valence-corrected chi connectivity index (χ3v) is 6.99. The number of hydrogen-bond donors (Lipinski definition) is 0. The molecule has 0 saturated carbocycles. The molecule has 1 saturated heterocycles. The summed E-state index contributed by atoms with van der Waals surface area (Å²) < 4.78 is 10.5. The third kappa shape index (κ3) is 5.41. The highest BCUT2D eigenvalue weighted by atomic mass is 16.6. The van der Waals surface area contributed by atoms with Crippen LogP contribution in [0.15, 0.2) is 42.5 Å². The van der Waals surface area contributed by atoms with Crippen LogP contribution in [0, 0.1) is 0 Å². The van der Waals surface area contributed by atoms with E-state index in [0.29, 0.717) is 23.0 Å². The molecule has 2 aromatic rings. The van der Waals surface area contributed by atoms with Crippen LogP contribution < -0.4 is 9.80 Å². The molecular weight excluding hydrogens is 472 g/mol. The molecule has 0 radical (unpaired) electrons. The normalized spacial score (nSPS) is 19.3. The Morgan fingerprint density at radius 3 is 2.22 bits per heavy atom. The molecule has 4 rings (SSSR count). The van der Waals surface area contributed by atoms with Crippen molar-refractivity contribution in [3.63, 3.8) is 0 Å². The number of methoxy groups -OCH3 is 1. The summed E-state index contributed by atoms with van der Waals surface area (Å²) in [4.78, 5) is 45.7. The molecule has 2 heterocycles. The van der Waals surface area contributed by atoms with E-state index in [-0.39, 0.29) is 24.6 Å². The van der Waals surface area contributed by atoms with E-state index in [1.807, 2.05) is 68.4 Å². The fraction of sp³-hybridized carbons (Fsp3) is 0.464. The summed E-state index contributed by atoms with van der Waals surface area (Å²) in [5, 5.41) is 0. The summed E-state index contributed by atoms with van der Waals surface area (Å²) in [5.41, 5.74) is 3.54. The highest BCUT2D eigenvalue weighted by molar-refractivity contribution is 6.02. The van der Waals surface area contributed by atoms with Gasteiger partial charge in [0.05, 0.1) is 37.2 Å². The molecule has 9 heteroatoms. The second-order valence-electron chi connectivity index (χ2n) is 10.2. The number of amides is 3. The molecule has 1 fully saturated rings. The van der Waals surface area contributed by atoms with Gasteiger partial charge in [-0.3, -0.25) is 14.6 Å². The molecule has 2 unspecified atom stereocenters. The van der Waals surface area contributed by atoms with Crippen LogP contribution >= 0.6 is 0 Å². The van der Waals surface area contributed by atoms with Crippen molar-refractivity contribution >= 4 is 29.5 Å². The summed E-state index contributed by atoms with van der Waals surface area (Å²) in [5.74, 6) is 0.0339. The molecule has 0 bridgehead atoms. The maximum atomic E-state index is 13.0. The summed E-state index contributed by atoms with van der Waals surface area (Å²) >= 11 is 0. The van der Waals surface area contributed by atoms with Crippen LogP contribution in [0.1, 0.15) is 37.6 Å². The van der Waals surface area contributed by atoms with E-state index in [0.717, 1.165) is 30.6 Å². The van der Waals surface area contributed by atoms with E-state index in [1.54, 1.807) is 23.6 Å². The average molecular weight is 509 g/mol. The first kappa shape index (κ1) is 26.5. The Balaban J connectivity index is 1.63. The van der Waals surface area contributed by atoms with Gasteiger partial charge in [-0.2, -0.15) is 0 Å². The van der Waals surface area contributed by atoms with Crippen molar-refractivity contribution in [3.8, 4) is 11.1 Å². The number of likely N-dealkylation sites (N-methyl/N-ethyl adjacent to an activating group) is 1. The van der Waals surface area contributed by atoms with E-state index < -0.39 is 12.2 Å². The third-order valence-electron chi connectivity index (χ3n) is 6.99. The van der Waals surface area contributed by atoms with Gasteiger partial charge >= 0.3 is 12.2 Å². The molecule has 2 atom stereocenters. The number of nitrogens with zero attached hydrogens (tertiary/aromatic N) is 4. The Morgan fingerprint density at radius 2 is 1.62 bits per heavy atom. The number of anilines is 2. The number of benzene rings is 2. The molecule has 0 aliphatic carbocycles. The maximum absolute atomic E-state index is 13.0. The predicted octanol–water partition coefficient (Wildman–Crippen LogP) is 4.46. The van der Waals surface area contributed by atoms with Gasteiger partial charge < -0.3 is 19.3 Å². The van der Waals surface area contributed by atoms with Gasteiger partial charge in [0.1, 0.15) is 0 Å². The lowest BCUT2D eigenvalue weighted by Crippen LogP contribution is -2.52. The van der Waals surface area contributed by atoms with E-state index in [1.165, 1.54) is 7.11 Å². The molecule has 9 nitrogen and oxygen atoms in total. The number of carbonyl (C=O) groups is 3. The van der Waals surface area contributed by atoms with Gasteiger partial charge in [0.25, 0.3) is 5.91 Å². The fourth-order valence-electron chi connectivity index (χ4n) is 4.95. The van der Waals surface area contributed by atoms with Crippen molar-refractivity contribution in [2.75, 3.05) is 50.6 Å². The number of hydrogen-bond acceptors (Lipinski definition) is 6. The van der Waals surface area contributed by atoms with Gasteiger partial charge in [0.15, 0.2) is 0 Å². The molecule has 2 aliphatic rings. The highest BCUT2D eigenvalue weighted by Gasteiger charge is 2.36. The van der Waals surface area contributed by atoms with Crippen LogP contribution in [0.2, 0.25) is 0 Å². The van der Waals surface area contributed by atoms with E-state index in [2.05, 4.69) is 4.90 Å². The number of fused-ring (bicyclic) bond motifs is 1. The van der Waals surface area contributed by atoms with Crippen molar-refractivity contribution in [2.45, 2.75) is 45.4 Å². The first-order valence-corrected chi connectivity index (χ1v) is 12.7. The largest absolute Gasteiger partial charge is 0.452 e. The molecule has 0 spiro atoms. The molecule has 3 amide bonds. The summed E-state index contributed by atoms with van der Waals surface area (Å²) in [7, 11) is 5.43. The van der Waals surface area contributed by atoms with Crippen LogP contribution in [0.3, 0.4) is 0 Å². The van der Waals surface area contributed by atoms with E-state index in [4.69, 9.17) is 9.47 Å². The molecule has 0 N–H and O–H groups in total. The lowest BCUT2D eigenvalue weighted by Gasteiger charge is -2.40. The lowest BCUT2D eigenvalue weighted by atomic mass is 10.00. The van der Waals surface area contributed by atoms with Crippen molar-refractivity contribution in [1.82, 2.24) is 9.80 Å². The minimum Gasteiger partial charge on any atom is -0.452 e. The highest BCUT2D eigenvalue weighted by Crippen LogP contribution is 2.39. The van der Waals surface area contributed by atoms with Crippen LogP contribution in [0.5, 0.6) is 0 Å². The Morgan fingerprint density at radius 1 is 0.946 bits per heavy atom. The SMILES string of the molecule is COC(=O)N1c2ccc(-c3ccc(C(=O)N4CCC(N(C)C)C4)cc3)cc2N(C(=O)OC(C)C)CC1C. The zero-order chi connectivity index (χ0) is 26.9. The Kier molecular flexibility index (Phi) is 7.73. The average Bonchev–Trinajstić information content (AvgIpc) is 3.37. The van der Waals surface area contributed by atoms with Gasteiger partial charge in [0.2, 0.25) is 0 Å². The quantitative estimate of drug-likeness (QED) is 0.607. The van der Waals surface area contributed by atoms with Crippen LogP contribution in [-0.4, -0.2) is 86.9 Å². The zero-order valence-corrected chi connectivity index (χ0v) is 22.4. The Bertz CT molecular complexity index is 1160. The second kappa shape index (κ2) is 10.8. The van der Waals surface area contributed by atoms with E-state index in [9.17, 15) is 14.4 Å². The standard InChI is InChI=1S/C28H36N4O5/c1-18(2)37-27(34)31-16-19(3)32(28(35)36-6)24-12-11-22(15-25(24)31)20-7-9-21(10-8-20)26(33)30-14-13-23(17-30)29(4)5/h7-12,15,18-19,23H,13-14,16-17H2,1-6H3. The summed E-state index contributed by atoms with van der Waals surface area (Å²) in [6.07, 6.45) is -0.253. The lowest BCUT2D eigenvalue weighted by molar-refractivity contribution is 0.0783. The van der Waals surface area contributed by atoms with Crippen molar-refractivity contribution < 1.29 is 23.9 Å². The molecule has 2 aromatic carbocycles. The number of carbonyl (C=O) groups excluding carboxylic acids is 3. The van der Waals surface area contributed by atoms with Crippen molar-refractivity contribution in [2.24, 2.45) is 0 Å². The number of ether oxygens (including phenoxy) is 2. The minimum absolute atomic E-state index is 0.0339.